The van der Waals surface area contributed by atoms with Crippen LogP contribution in [0.2, 0.25) is 0 Å². The lowest BCUT2D eigenvalue weighted by atomic mass is 9.95. The number of aromatic hydroxyl groups is 1. The number of fused-ring (bicyclic) bond motifs is 4. The number of phenols is 1. The quantitative estimate of drug-likeness (QED) is 0.330. The summed E-state index contributed by atoms with van der Waals surface area (Å²) in [7, 11) is 2.10. The number of nitrogens with zero attached hydrogens (tertiary/aromatic N) is 4. The molecule has 42 heavy (non-hydrogen) atoms. The fraction of sp³-hybridized carbons (Fsp3) is 0.394. The van der Waals surface area contributed by atoms with E-state index in [1.165, 1.54) is 24.3 Å². The van der Waals surface area contributed by atoms with Gasteiger partial charge in [-0.1, -0.05) is 12.0 Å². The van der Waals surface area contributed by atoms with Gasteiger partial charge in [0.05, 0.1) is 5.56 Å². The summed E-state index contributed by atoms with van der Waals surface area (Å²) in [6.07, 6.45) is 11.2. The Balaban J connectivity index is 1.44. The minimum absolute atomic E-state index is 0.00137. The summed E-state index contributed by atoms with van der Waals surface area (Å²) >= 11 is 0. The zero-order chi connectivity index (χ0) is 29.1. The third kappa shape index (κ3) is 4.50. The number of likely N-dealkylation sites (tertiary alicyclic amines) is 1. The van der Waals surface area contributed by atoms with Crippen molar-refractivity contribution >= 4 is 27.4 Å². The molecule has 5 heterocycles. The number of anilines is 1. The summed E-state index contributed by atoms with van der Waals surface area (Å²) in [5.74, 6) is 2.21. The first-order valence-electron chi connectivity index (χ1n) is 14.6. The Labute approximate surface area is 243 Å². The summed E-state index contributed by atoms with van der Waals surface area (Å²) < 4.78 is 38.2. The number of pyridine rings is 2. The van der Waals surface area contributed by atoms with E-state index in [2.05, 4.69) is 33.1 Å². The molecular formula is C33H33F2N5O2. The molecule has 0 aliphatic carbocycles. The molecule has 7 nitrogen and oxygen atoms in total. The second-order valence-electron chi connectivity index (χ2n) is 11.9. The molecule has 2 atom stereocenters. The van der Waals surface area contributed by atoms with Crippen LogP contribution < -0.4 is 15.0 Å². The highest BCUT2D eigenvalue weighted by molar-refractivity contribution is 6.04. The molecular weight excluding hydrogens is 536 g/mol. The highest BCUT2D eigenvalue weighted by atomic mass is 19.1. The van der Waals surface area contributed by atoms with Crippen molar-refractivity contribution < 1.29 is 18.6 Å². The average molecular weight is 570 g/mol. The smallest absolute Gasteiger partial charge is 0.219 e. The van der Waals surface area contributed by atoms with Gasteiger partial charge in [-0.05, 0) is 63.2 Å². The van der Waals surface area contributed by atoms with E-state index in [-0.39, 0.29) is 28.7 Å². The number of piperazine rings is 1. The van der Waals surface area contributed by atoms with Crippen molar-refractivity contribution in [1.82, 2.24) is 20.2 Å². The Morgan fingerprint density at radius 1 is 1.07 bits per heavy atom. The number of nitrogens with one attached hydrogen (secondary N) is 1. The van der Waals surface area contributed by atoms with Crippen LogP contribution in [-0.4, -0.2) is 71.4 Å². The van der Waals surface area contributed by atoms with Gasteiger partial charge in [0, 0.05) is 71.7 Å². The van der Waals surface area contributed by atoms with E-state index in [0.29, 0.717) is 50.9 Å². The third-order valence-corrected chi connectivity index (χ3v) is 9.07. The number of halogens is 2. The fourth-order valence-electron chi connectivity index (χ4n) is 6.90. The number of aryl methyl sites for hydroxylation is 1. The van der Waals surface area contributed by atoms with Gasteiger partial charge >= 0.3 is 0 Å². The molecule has 3 fully saturated rings. The number of benzene rings is 2. The molecule has 2 bridgehead atoms. The van der Waals surface area contributed by atoms with Crippen LogP contribution in [0.1, 0.15) is 36.8 Å². The van der Waals surface area contributed by atoms with Gasteiger partial charge in [-0.25, -0.2) is 8.78 Å². The van der Waals surface area contributed by atoms with Gasteiger partial charge in [0.1, 0.15) is 29.2 Å². The molecule has 2 N–H and O–H groups in total. The number of phenolic OH excluding ortho intramolecular Hbond substituents is 1. The molecule has 3 aliphatic rings. The Hall–Kier alpha value is -4.00. The lowest BCUT2D eigenvalue weighted by Gasteiger charge is -2.35. The summed E-state index contributed by atoms with van der Waals surface area (Å²) in [5, 5.41) is 16.0. The van der Waals surface area contributed by atoms with Gasteiger partial charge in [-0.15, -0.1) is 6.42 Å². The topological polar surface area (TPSA) is 73.8 Å². The van der Waals surface area contributed by atoms with Crippen molar-refractivity contribution in [3.8, 4) is 35.2 Å². The normalized spacial score (nSPS) is 21.3. The van der Waals surface area contributed by atoms with E-state index in [9.17, 15) is 9.50 Å². The minimum Gasteiger partial charge on any atom is -0.508 e. The SMILES string of the molecule is C#Cc1c(F)ccc2cc(O)cc(-c3ncc4c(N5CC6CCC(C5)N6)nc(OC5CCN(C)CC5)c(C)c4c3F)c12. The van der Waals surface area contributed by atoms with E-state index in [0.717, 1.165) is 51.9 Å². The summed E-state index contributed by atoms with van der Waals surface area (Å²) in [4.78, 5) is 14.1. The number of terminal acetylenes is 1. The van der Waals surface area contributed by atoms with Crippen molar-refractivity contribution in [2.75, 3.05) is 38.1 Å². The van der Waals surface area contributed by atoms with Crippen molar-refractivity contribution in [1.29, 1.82) is 0 Å². The molecule has 0 radical (unpaired) electrons. The number of aromatic nitrogens is 2. The molecule has 9 heteroatoms. The van der Waals surface area contributed by atoms with Gasteiger partial charge in [0.2, 0.25) is 5.88 Å². The Kier molecular flexibility index (Phi) is 6.63. The first-order chi connectivity index (χ1) is 20.3. The Bertz CT molecular complexity index is 1750. The van der Waals surface area contributed by atoms with E-state index in [4.69, 9.17) is 16.1 Å². The predicted molar refractivity (Wildman–Crippen MR) is 160 cm³/mol. The molecule has 3 saturated heterocycles. The second-order valence-corrected chi connectivity index (χ2v) is 11.9. The maximum Gasteiger partial charge on any atom is 0.219 e. The summed E-state index contributed by atoms with van der Waals surface area (Å²) in [5.41, 5.74) is 0.794. The van der Waals surface area contributed by atoms with Crippen LogP contribution in [0.5, 0.6) is 11.6 Å². The van der Waals surface area contributed by atoms with E-state index >= 15 is 4.39 Å². The maximum atomic E-state index is 16.9. The lowest BCUT2D eigenvalue weighted by Crippen LogP contribution is -2.51. The predicted octanol–water partition coefficient (Wildman–Crippen LogP) is 5.14. The zero-order valence-corrected chi connectivity index (χ0v) is 23.8. The van der Waals surface area contributed by atoms with E-state index in [1.807, 2.05) is 6.92 Å². The molecule has 0 saturated carbocycles. The standard InChI is InChI=1S/C33H33F2N5O2/c1-4-24-27(34)8-5-19-13-22(41)14-25(29(19)24)31-30(35)28-18(2)33(42-23-9-11-39(3)12-10-23)38-32(26(28)15-36-31)40-16-20-6-7-21(17-40)37-20/h1,5,8,13-15,20-21,23,37,41H,6-7,9-12,16-17H2,2-3H3. The van der Waals surface area contributed by atoms with E-state index in [1.54, 1.807) is 6.20 Å². The molecule has 2 unspecified atom stereocenters. The van der Waals surface area contributed by atoms with Gasteiger partial charge in [-0.2, -0.15) is 4.98 Å². The van der Waals surface area contributed by atoms with Gasteiger partial charge in [0.25, 0.3) is 0 Å². The molecule has 2 aromatic heterocycles. The van der Waals surface area contributed by atoms with Crippen LogP contribution in [0.3, 0.4) is 0 Å². The van der Waals surface area contributed by atoms with Gasteiger partial charge in [-0.3, -0.25) is 4.98 Å². The Morgan fingerprint density at radius 2 is 1.81 bits per heavy atom. The fourth-order valence-corrected chi connectivity index (χ4v) is 6.90. The summed E-state index contributed by atoms with van der Waals surface area (Å²) in [6, 6.07) is 6.35. The largest absolute Gasteiger partial charge is 0.508 e. The van der Waals surface area contributed by atoms with Crippen LogP contribution in [0.4, 0.5) is 14.6 Å². The van der Waals surface area contributed by atoms with Crippen LogP contribution >= 0.6 is 0 Å². The monoisotopic (exact) mass is 569 g/mol. The minimum atomic E-state index is -0.594. The summed E-state index contributed by atoms with van der Waals surface area (Å²) in [6.45, 7) is 5.20. The van der Waals surface area contributed by atoms with Crippen LogP contribution in [0.25, 0.3) is 32.8 Å². The van der Waals surface area contributed by atoms with Crippen molar-refractivity contribution in [3.05, 3.63) is 53.2 Å². The molecule has 7 rings (SSSR count). The third-order valence-electron chi connectivity index (χ3n) is 9.07. The van der Waals surface area contributed by atoms with Crippen LogP contribution in [-0.2, 0) is 0 Å². The molecule has 3 aliphatic heterocycles. The van der Waals surface area contributed by atoms with Crippen LogP contribution in [0, 0.1) is 30.9 Å². The number of ether oxygens (including phenoxy) is 1. The zero-order valence-electron chi connectivity index (χ0n) is 23.8. The number of hydrogen-bond acceptors (Lipinski definition) is 7. The average Bonchev–Trinajstić information content (AvgIpc) is 3.32. The van der Waals surface area contributed by atoms with Gasteiger partial charge in [0.15, 0.2) is 5.82 Å². The van der Waals surface area contributed by atoms with E-state index < -0.39 is 11.6 Å². The lowest BCUT2D eigenvalue weighted by molar-refractivity contribution is 0.109. The first kappa shape index (κ1) is 26.9. The van der Waals surface area contributed by atoms with Crippen molar-refractivity contribution in [2.24, 2.45) is 0 Å². The highest BCUT2D eigenvalue weighted by Crippen LogP contribution is 2.42. The number of rotatable bonds is 4. The Morgan fingerprint density at radius 3 is 2.52 bits per heavy atom. The molecule has 0 amide bonds. The van der Waals surface area contributed by atoms with Crippen molar-refractivity contribution in [3.63, 3.8) is 0 Å². The van der Waals surface area contributed by atoms with Gasteiger partial charge < -0.3 is 25.0 Å². The second kappa shape index (κ2) is 10.4. The molecule has 0 spiro atoms. The van der Waals surface area contributed by atoms with Crippen LogP contribution in [0.15, 0.2) is 30.5 Å². The first-order valence-corrected chi connectivity index (χ1v) is 14.6. The molecule has 216 valence electrons. The molecule has 4 aromatic rings. The maximum absolute atomic E-state index is 16.9. The highest BCUT2D eigenvalue weighted by Gasteiger charge is 2.35. The number of hydrogen-bond donors (Lipinski definition) is 2. The number of piperidine rings is 1. The molecule has 2 aromatic carbocycles. The van der Waals surface area contributed by atoms with Crippen molar-refractivity contribution in [2.45, 2.75) is 50.8 Å².